The average Bonchev–Trinajstić information content (AvgIpc) is 2.95. The summed E-state index contributed by atoms with van der Waals surface area (Å²) < 4.78 is 12.4. The van der Waals surface area contributed by atoms with Gasteiger partial charge in [0.15, 0.2) is 6.29 Å². The predicted octanol–water partition coefficient (Wildman–Crippen LogP) is 2.03. The second kappa shape index (κ2) is 7.93. The lowest BCUT2D eigenvalue weighted by Crippen LogP contribution is -2.39. The highest BCUT2D eigenvalue weighted by Crippen LogP contribution is 2.05. The maximum atomic E-state index is 5.23. The first-order valence-electron chi connectivity index (χ1n) is 7.07. The van der Waals surface area contributed by atoms with E-state index in [2.05, 4.69) is 28.7 Å². The normalized spacial score (nSPS) is 12.8. The fourth-order valence-electron chi connectivity index (χ4n) is 2.23. The molecule has 0 aliphatic rings. The van der Waals surface area contributed by atoms with Crippen LogP contribution in [-0.2, 0) is 22.6 Å². The number of methoxy groups -OCH3 is 2. The highest BCUT2D eigenvalue weighted by molar-refractivity contribution is 5.15. The van der Waals surface area contributed by atoms with Crippen molar-refractivity contribution in [2.24, 2.45) is 0 Å². The minimum Gasteiger partial charge on any atom is -0.354 e. The van der Waals surface area contributed by atoms with E-state index in [1.165, 1.54) is 5.56 Å². The van der Waals surface area contributed by atoms with Crippen molar-refractivity contribution in [1.82, 2.24) is 15.1 Å². The lowest BCUT2D eigenvalue weighted by Gasteiger charge is -2.21. The van der Waals surface area contributed by atoms with Gasteiger partial charge in [0.05, 0.1) is 18.8 Å². The van der Waals surface area contributed by atoms with Crippen LogP contribution in [0.25, 0.3) is 0 Å². The molecule has 0 spiro atoms. The van der Waals surface area contributed by atoms with E-state index in [0.29, 0.717) is 0 Å². The molecule has 0 saturated carbocycles. The average molecular weight is 289 g/mol. The summed E-state index contributed by atoms with van der Waals surface area (Å²) in [6, 6.07) is 10.4. The number of nitrogens with one attached hydrogen (secondary N) is 1. The quantitative estimate of drug-likeness (QED) is 0.755. The summed E-state index contributed by atoms with van der Waals surface area (Å²) in [5.74, 6) is 0. The molecule has 0 aliphatic carbocycles. The van der Waals surface area contributed by atoms with E-state index in [-0.39, 0.29) is 12.3 Å². The Morgan fingerprint density at radius 1 is 1.14 bits per heavy atom. The molecule has 1 N–H and O–H groups in total. The monoisotopic (exact) mass is 289 g/mol. The Bertz CT molecular complexity index is 523. The molecule has 1 aromatic heterocycles. The van der Waals surface area contributed by atoms with Crippen molar-refractivity contribution in [3.8, 4) is 0 Å². The highest BCUT2D eigenvalue weighted by atomic mass is 16.7. The van der Waals surface area contributed by atoms with Crippen molar-refractivity contribution in [1.29, 1.82) is 0 Å². The Hall–Kier alpha value is -1.69. The van der Waals surface area contributed by atoms with Gasteiger partial charge in [-0.25, -0.2) is 0 Å². The molecule has 5 heteroatoms. The maximum absolute atomic E-state index is 5.23. The van der Waals surface area contributed by atoms with E-state index in [1.54, 1.807) is 14.2 Å². The van der Waals surface area contributed by atoms with Crippen molar-refractivity contribution in [2.45, 2.75) is 32.3 Å². The van der Waals surface area contributed by atoms with Crippen LogP contribution < -0.4 is 5.32 Å². The number of benzene rings is 1. The number of aromatic nitrogens is 2. The molecule has 1 heterocycles. The predicted molar refractivity (Wildman–Crippen MR) is 81.9 cm³/mol. The smallest absolute Gasteiger partial charge is 0.171 e. The lowest BCUT2D eigenvalue weighted by molar-refractivity contribution is -0.119. The molecular weight excluding hydrogens is 266 g/mol. The molecule has 114 valence electrons. The summed E-state index contributed by atoms with van der Waals surface area (Å²) in [4.78, 5) is 0. The Kier molecular flexibility index (Phi) is 5.92. The molecule has 1 unspecified atom stereocenters. The number of hydrogen-bond donors (Lipinski definition) is 1. The maximum Gasteiger partial charge on any atom is 0.171 e. The van der Waals surface area contributed by atoms with Gasteiger partial charge in [0.2, 0.25) is 0 Å². The van der Waals surface area contributed by atoms with Gasteiger partial charge in [-0.15, -0.1) is 0 Å². The summed E-state index contributed by atoms with van der Waals surface area (Å²) in [5, 5.41) is 7.76. The second-order valence-electron chi connectivity index (χ2n) is 5.04. The molecular formula is C16H23N3O2. The molecule has 1 aromatic carbocycles. The molecule has 5 nitrogen and oxygen atoms in total. The third-order valence-electron chi connectivity index (χ3n) is 3.38. The van der Waals surface area contributed by atoms with Crippen LogP contribution in [0.5, 0.6) is 0 Å². The Balaban J connectivity index is 1.86. The van der Waals surface area contributed by atoms with Crippen LogP contribution in [0.2, 0.25) is 0 Å². The van der Waals surface area contributed by atoms with Gasteiger partial charge in [-0.1, -0.05) is 30.3 Å². The van der Waals surface area contributed by atoms with Gasteiger partial charge in [0.1, 0.15) is 0 Å². The van der Waals surface area contributed by atoms with Gasteiger partial charge in [-0.3, -0.25) is 4.68 Å². The van der Waals surface area contributed by atoms with Crippen molar-refractivity contribution < 1.29 is 9.47 Å². The fourth-order valence-corrected chi connectivity index (χ4v) is 2.23. The second-order valence-corrected chi connectivity index (χ2v) is 5.04. The topological polar surface area (TPSA) is 48.3 Å². The number of nitrogens with zero attached hydrogens (tertiary/aromatic N) is 2. The van der Waals surface area contributed by atoms with Crippen LogP contribution in [0.3, 0.4) is 0 Å². The molecule has 2 aromatic rings. The summed E-state index contributed by atoms with van der Waals surface area (Å²) in [5.41, 5.74) is 2.39. The fraction of sp³-hybridized carbons (Fsp3) is 0.438. The van der Waals surface area contributed by atoms with E-state index in [4.69, 9.17) is 9.47 Å². The molecule has 0 amide bonds. The van der Waals surface area contributed by atoms with E-state index < -0.39 is 0 Å². The van der Waals surface area contributed by atoms with E-state index in [1.807, 2.05) is 36.0 Å². The van der Waals surface area contributed by atoms with Gasteiger partial charge in [0.25, 0.3) is 0 Å². The molecule has 2 rings (SSSR count). The van der Waals surface area contributed by atoms with Gasteiger partial charge in [-0.05, 0) is 12.5 Å². The largest absolute Gasteiger partial charge is 0.354 e. The van der Waals surface area contributed by atoms with Crippen LogP contribution in [0.1, 0.15) is 18.1 Å². The van der Waals surface area contributed by atoms with Crippen LogP contribution in [0.15, 0.2) is 42.7 Å². The van der Waals surface area contributed by atoms with E-state index in [0.717, 1.165) is 18.7 Å². The van der Waals surface area contributed by atoms with Gasteiger partial charge >= 0.3 is 0 Å². The third kappa shape index (κ3) is 4.67. The zero-order chi connectivity index (χ0) is 15.1. The van der Waals surface area contributed by atoms with Crippen molar-refractivity contribution in [3.63, 3.8) is 0 Å². The molecule has 0 fully saturated rings. The van der Waals surface area contributed by atoms with Crippen molar-refractivity contribution in [3.05, 3.63) is 53.9 Å². The molecule has 0 aliphatic heterocycles. The van der Waals surface area contributed by atoms with Crippen LogP contribution in [0, 0.1) is 0 Å². The molecule has 21 heavy (non-hydrogen) atoms. The summed E-state index contributed by atoms with van der Waals surface area (Å²) in [6.45, 7) is 3.56. The zero-order valence-electron chi connectivity index (χ0n) is 12.8. The molecule has 1 atom stereocenters. The number of rotatable bonds is 8. The minimum atomic E-state index is -0.246. The first kappa shape index (κ1) is 15.7. The van der Waals surface area contributed by atoms with Crippen molar-refractivity contribution in [2.75, 3.05) is 14.2 Å². The van der Waals surface area contributed by atoms with Crippen LogP contribution in [-0.4, -0.2) is 36.3 Å². The van der Waals surface area contributed by atoms with Gasteiger partial charge in [-0.2, -0.15) is 5.10 Å². The molecule has 0 saturated heterocycles. The van der Waals surface area contributed by atoms with E-state index in [9.17, 15) is 0 Å². The van der Waals surface area contributed by atoms with Crippen molar-refractivity contribution >= 4 is 0 Å². The zero-order valence-corrected chi connectivity index (χ0v) is 12.8. The van der Waals surface area contributed by atoms with Gasteiger partial charge < -0.3 is 14.8 Å². The standard InChI is InChI=1S/C16H23N3O2/c1-13(16(20-2)21-3)17-9-15-10-18-19(12-15)11-14-7-5-4-6-8-14/h4-8,10,12-13,16-17H,9,11H2,1-3H3. The third-order valence-corrected chi connectivity index (χ3v) is 3.38. The number of hydrogen-bond acceptors (Lipinski definition) is 4. The summed E-state index contributed by atoms with van der Waals surface area (Å²) in [7, 11) is 3.29. The SMILES string of the molecule is COC(OC)C(C)NCc1cnn(Cc2ccccc2)c1. The summed E-state index contributed by atoms with van der Waals surface area (Å²) >= 11 is 0. The number of ether oxygens (including phenoxy) is 2. The first-order chi connectivity index (χ1) is 10.2. The van der Waals surface area contributed by atoms with Gasteiger partial charge in [0, 0.05) is 32.5 Å². The van der Waals surface area contributed by atoms with Crippen LogP contribution >= 0.6 is 0 Å². The Morgan fingerprint density at radius 2 is 1.86 bits per heavy atom. The van der Waals surface area contributed by atoms with Crippen LogP contribution in [0.4, 0.5) is 0 Å². The molecule has 0 bridgehead atoms. The summed E-state index contributed by atoms with van der Waals surface area (Å²) in [6.07, 6.45) is 3.70. The minimum absolute atomic E-state index is 0.109. The lowest BCUT2D eigenvalue weighted by atomic mass is 10.2. The van der Waals surface area contributed by atoms with E-state index >= 15 is 0 Å². The highest BCUT2D eigenvalue weighted by Gasteiger charge is 2.15. The Morgan fingerprint density at radius 3 is 2.52 bits per heavy atom. The Labute approximate surface area is 125 Å². The first-order valence-corrected chi connectivity index (χ1v) is 7.07. The molecule has 0 radical (unpaired) electrons.